The summed E-state index contributed by atoms with van der Waals surface area (Å²) >= 11 is 1.33. The van der Waals surface area contributed by atoms with Gasteiger partial charge in [-0.3, -0.25) is 4.79 Å². The van der Waals surface area contributed by atoms with Crippen molar-refractivity contribution in [1.82, 2.24) is 5.32 Å². The maximum absolute atomic E-state index is 11.8. The number of nitrogens with one attached hydrogen (secondary N) is 1. The van der Waals surface area contributed by atoms with Crippen LogP contribution >= 0.6 is 11.3 Å². The number of carbonyl (C=O) groups is 2. The van der Waals surface area contributed by atoms with E-state index in [1.54, 1.807) is 6.07 Å². The van der Waals surface area contributed by atoms with Gasteiger partial charge >= 0.3 is 5.97 Å². The number of carboxylic acids is 1. The Balaban J connectivity index is 2.73. The fraction of sp³-hybridized carbons (Fsp3) is 0.455. The zero-order valence-corrected chi connectivity index (χ0v) is 10.5. The van der Waals surface area contributed by atoms with Crippen molar-refractivity contribution in [1.29, 1.82) is 0 Å². The number of hydrogen-bond donors (Lipinski definition) is 3. The van der Waals surface area contributed by atoms with E-state index in [2.05, 4.69) is 5.32 Å². The first-order chi connectivity index (χ1) is 7.95. The van der Waals surface area contributed by atoms with Gasteiger partial charge in [-0.1, -0.05) is 0 Å². The lowest BCUT2D eigenvalue weighted by atomic mass is 10.2. The maximum atomic E-state index is 11.8. The van der Waals surface area contributed by atoms with Crippen LogP contribution in [0.2, 0.25) is 0 Å². The van der Waals surface area contributed by atoms with Crippen molar-refractivity contribution in [3.8, 4) is 0 Å². The van der Waals surface area contributed by atoms with Gasteiger partial charge in [-0.15, -0.1) is 11.3 Å². The molecule has 1 heterocycles. The van der Waals surface area contributed by atoms with Crippen LogP contribution in [0.4, 0.5) is 0 Å². The summed E-state index contributed by atoms with van der Waals surface area (Å²) in [6.45, 7) is 3.52. The van der Waals surface area contributed by atoms with E-state index < -0.39 is 17.9 Å². The molecule has 3 N–H and O–H groups in total. The molecule has 0 saturated heterocycles. The van der Waals surface area contributed by atoms with Crippen LogP contribution in [0.25, 0.3) is 0 Å². The first kappa shape index (κ1) is 13.7. The molecule has 1 amide bonds. The zero-order chi connectivity index (χ0) is 13.0. The molecule has 0 aliphatic heterocycles. The van der Waals surface area contributed by atoms with Crippen LogP contribution in [-0.4, -0.2) is 34.7 Å². The topological polar surface area (TPSA) is 86.6 Å². The molecule has 0 saturated carbocycles. The van der Waals surface area contributed by atoms with Crippen molar-refractivity contribution in [2.24, 2.45) is 0 Å². The molecule has 0 spiro atoms. The van der Waals surface area contributed by atoms with Crippen molar-refractivity contribution < 1.29 is 19.8 Å². The van der Waals surface area contributed by atoms with Crippen LogP contribution < -0.4 is 5.32 Å². The number of carbonyl (C=O) groups excluding carboxylic acids is 1. The molecule has 1 rings (SSSR count). The van der Waals surface area contributed by atoms with E-state index in [-0.39, 0.29) is 13.0 Å². The largest absolute Gasteiger partial charge is 0.480 e. The number of amides is 1. The van der Waals surface area contributed by atoms with Gasteiger partial charge in [-0.25, -0.2) is 4.79 Å². The highest BCUT2D eigenvalue weighted by atomic mass is 32.1. The predicted molar refractivity (Wildman–Crippen MR) is 64.4 cm³/mol. The number of rotatable bonds is 5. The molecule has 0 unspecified atom stereocenters. The Morgan fingerprint density at radius 2 is 2.12 bits per heavy atom. The molecule has 1 aromatic rings. The van der Waals surface area contributed by atoms with E-state index in [4.69, 9.17) is 10.2 Å². The van der Waals surface area contributed by atoms with E-state index in [1.807, 2.05) is 13.8 Å². The average molecular weight is 257 g/mol. The molecule has 1 aromatic heterocycles. The Kier molecular flexibility index (Phi) is 4.65. The quantitative estimate of drug-likeness (QED) is 0.732. The van der Waals surface area contributed by atoms with Crippen molar-refractivity contribution in [3.05, 3.63) is 21.4 Å². The van der Waals surface area contributed by atoms with Crippen LogP contribution in [-0.2, 0) is 4.79 Å². The van der Waals surface area contributed by atoms with Gasteiger partial charge in [0, 0.05) is 17.9 Å². The summed E-state index contributed by atoms with van der Waals surface area (Å²) in [4.78, 5) is 24.1. The second kappa shape index (κ2) is 5.79. The van der Waals surface area contributed by atoms with Crippen molar-refractivity contribution in [2.75, 3.05) is 6.61 Å². The SMILES string of the molecule is Cc1cc(C(=O)N[C@@H](CCO)C(=O)O)sc1C. The third kappa shape index (κ3) is 3.54. The van der Waals surface area contributed by atoms with Gasteiger partial charge in [-0.2, -0.15) is 0 Å². The van der Waals surface area contributed by atoms with Crippen LogP contribution in [0.1, 0.15) is 26.5 Å². The first-order valence-corrected chi connectivity index (χ1v) is 5.99. The summed E-state index contributed by atoms with van der Waals surface area (Å²) < 4.78 is 0. The van der Waals surface area contributed by atoms with E-state index >= 15 is 0 Å². The van der Waals surface area contributed by atoms with Crippen molar-refractivity contribution >= 4 is 23.2 Å². The van der Waals surface area contributed by atoms with Gasteiger partial charge in [0.2, 0.25) is 0 Å². The average Bonchev–Trinajstić information content (AvgIpc) is 2.58. The van der Waals surface area contributed by atoms with Crippen LogP contribution in [0, 0.1) is 13.8 Å². The fourth-order valence-corrected chi connectivity index (χ4v) is 2.24. The lowest BCUT2D eigenvalue weighted by Gasteiger charge is -2.12. The Morgan fingerprint density at radius 1 is 1.47 bits per heavy atom. The van der Waals surface area contributed by atoms with Gasteiger partial charge in [0.1, 0.15) is 6.04 Å². The fourth-order valence-electron chi connectivity index (χ4n) is 1.30. The number of aliphatic hydroxyl groups is 1. The molecule has 0 bridgehead atoms. The number of aliphatic hydroxyl groups excluding tert-OH is 1. The number of aliphatic carboxylic acids is 1. The molecule has 17 heavy (non-hydrogen) atoms. The first-order valence-electron chi connectivity index (χ1n) is 5.17. The molecular formula is C11H15NO4S. The van der Waals surface area contributed by atoms with Crippen molar-refractivity contribution in [2.45, 2.75) is 26.3 Å². The summed E-state index contributed by atoms with van der Waals surface area (Å²) in [5.74, 6) is -1.55. The zero-order valence-electron chi connectivity index (χ0n) is 9.69. The lowest BCUT2D eigenvalue weighted by Crippen LogP contribution is -2.41. The summed E-state index contributed by atoms with van der Waals surface area (Å²) in [5, 5.41) is 19.9. The van der Waals surface area contributed by atoms with Gasteiger partial charge in [0.05, 0.1) is 4.88 Å². The minimum atomic E-state index is -1.14. The summed E-state index contributed by atoms with van der Waals surface area (Å²) in [7, 11) is 0. The second-order valence-electron chi connectivity index (χ2n) is 3.73. The highest BCUT2D eigenvalue weighted by Gasteiger charge is 2.21. The Morgan fingerprint density at radius 3 is 2.53 bits per heavy atom. The molecule has 0 radical (unpaired) electrons. The molecule has 0 aliphatic carbocycles. The standard InChI is InChI=1S/C11H15NO4S/c1-6-5-9(17-7(6)2)10(14)12-8(3-4-13)11(15)16/h5,8,13H,3-4H2,1-2H3,(H,12,14)(H,15,16)/t8-/m0/s1. The summed E-state index contributed by atoms with van der Waals surface area (Å²) in [6, 6.07) is 0.683. The molecular weight excluding hydrogens is 242 g/mol. The molecule has 0 fully saturated rings. The minimum Gasteiger partial charge on any atom is -0.480 e. The van der Waals surface area contributed by atoms with E-state index in [9.17, 15) is 9.59 Å². The Bertz CT molecular complexity index is 408. The Hall–Kier alpha value is -1.40. The van der Waals surface area contributed by atoms with Gasteiger partial charge in [0.25, 0.3) is 5.91 Å². The highest BCUT2D eigenvalue weighted by molar-refractivity contribution is 7.14. The lowest BCUT2D eigenvalue weighted by molar-refractivity contribution is -0.139. The van der Waals surface area contributed by atoms with E-state index in [1.165, 1.54) is 11.3 Å². The number of aryl methyl sites for hydroxylation is 2. The Labute approximate surface area is 103 Å². The second-order valence-corrected chi connectivity index (χ2v) is 4.98. The molecule has 0 aliphatic rings. The third-order valence-corrected chi connectivity index (χ3v) is 3.56. The van der Waals surface area contributed by atoms with Gasteiger partial charge in [0.15, 0.2) is 0 Å². The molecule has 5 nitrogen and oxygen atoms in total. The maximum Gasteiger partial charge on any atom is 0.326 e. The molecule has 94 valence electrons. The molecule has 1 atom stereocenters. The molecule has 6 heteroatoms. The van der Waals surface area contributed by atoms with Gasteiger partial charge in [-0.05, 0) is 25.5 Å². The van der Waals surface area contributed by atoms with Gasteiger partial charge < -0.3 is 15.5 Å². The number of hydrogen-bond acceptors (Lipinski definition) is 4. The van der Waals surface area contributed by atoms with Crippen LogP contribution in [0.5, 0.6) is 0 Å². The number of carboxylic acid groups (broad SMARTS) is 1. The van der Waals surface area contributed by atoms with E-state index in [0.717, 1.165) is 10.4 Å². The highest BCUT2D eigenvalue weighted by Crippen LogP contribution is 2.20. The summed E-state index contributed by atoms with van der Waals surface area (Å²) in [5.41, 5.74) is 1.01. The predicted octanol–water partition coefficient (Wildman–Crippen LogP) is 0.930. The number of thiophene rings is 1. The van der Waals surface area contributed by atoms with Crippen LogP contribution in [0.15, 0.2) is 6.07 Å². The monoisotopic (exact) mass is 257 g/mol. The normalized spacial score (nSPS) is 12.2. The molecule has 0 aromatic carbocycles. The van der Waals surface area contributed by atoms with E-state index in [0.29, 0.717) is 4.88 Å². The van der Waals surface area contributed by atoms with Crippen molar-refractivity contribution in [3.63, 3.8) is 0 Å². The smallest absolute Gasteiger partial charge is 0.326 e. The van der Waals surface area contributed by atoms with Crippen LogP contribution in [0.3, 0.4) is 0 Å². The summed E-state index contributed by atoms with van der Waals surface area (Å²) in [6.07, 6.45) is 0.00438. The third-order valence-electron chi connectivity index (χ3n) is 2.41. The minimum absolute atomic E-state index is 0.00438.